The average molecular weight is 88.2 g/mol. The summed E-state index contributed by atoms with van der Waals surface area (Å²) in [6.45, 7) is 0. The van der Waals surface area contributed by atoms with Gasteiger partial charge in [-0.2, -0.15) is 0 Å². The van der Waals surface area contributed by atoms with Gasteiger partial charge in [0.15, 0.2) is 0 Å². The molecule has 0 aromatic carbocycles. The van der Waals surface area contributed by atoms with Crippen LogP contribution in [0.5, 0.6) is 0 Å². The molecule has 4 heteroatoms. The third kappa shape index (κ3) is 2.35. The minimum absolute atomic E-state index is 0.0540. The first-order chi connectivity index (χ1) is 1.91. The van der Waals surface area contributed by atoms with Crippen molar-refractivity contribution in [3.05, 3.63) is 0 Å². The maximum Gasteiger partial charge on any atom is 0.322 e. The molecule has 5 radical (unpaired) electrons. The lowest BCUT2D eigenvalue weighted by atomic mass is 13.9. The molecule has 0 aromatic heterocycles. The molecule has 0 aliphatic carbocycles. The summed E-state index contributed by atoms with van der Waals surface area (Å²) < 4.78 is 4.15. The molecule has 0 aliphatic rings. The van der Waals surface area contributed by atoms with Gasteiger partial charge in [-0.25, -0.2) is 0 Å². The van der Waals surface area contributed by atoms with Crippen LogP contribution >= 0.6 is 0 Å². The molecule has 2 nitrogen and oxygen atoms in total. The molecule has 2 N–H and O–H groups in total. The summed E-state index contributed by atoms with van der Waals surface area (Å²) in [4.78, 5) is 0. The molecular formula is H2NOSi2. The maximum absolute atomic E-state index is 4.78. The summed E-state index contributed by atoms with van der Waals surface area (Å²) in [7, 11) is 2.73. The number of rotatable bonds is 1. The highest BCUT2D eigenvalue weighted by Gasteiger charge is 1.60. The largest absolute Gasteiger partial charge is 0.445 e. The molecule has 0 aliphatic heterocycles. The summed E-state index contributed by atoms with van der Waals surface area (Å²) >= 11 is 0. The summed E-state index contributed by atoms with van der Waals surface area (Å²) in [6.07, 6.45) is 0. The van der Waals surface area contributed by atoms with Crippen LogP contribution in [0.4, 0.5) is 0 Å². The molecule has 0 bridgehead atoms. The highest BCUT2D eigenvalue weighted by molar-refractivity contribution is 6.30. The van der Waals surface area contributed by atoms with E-state index in [4.69, 9.17) is 5.40 Å². The van der Waals surface area contributed by atoms with Gasteiger partial charge in [0, 0.05) is 0 Å². The van der Waals surface area contributed by atoms with Gasteiger partial charge in [0.05, 0.1) is 0 Å². The zero-order valence-electron chi connectivity index (χ0n) is 1.99. The van der Waals surface area contributed by atoms with E-state index in [0.717, 1.165) is 0 Å². The predicted octanol–water partition coefficient (Wildman–Crippen LogP) is -1.42. The van der Waals surface area contributed by atoms with Crippen LogP contribution in [0, 0.1) is 0 Å². The van der Waals surface area contributed by atoms with Gasteiger partial charge in [-0.3, -0.25) is 0 Å². The Morgan fingerprint density at radius 1 is 2.00 bits per heavy atom. The lowest BCUT2D eigenvalue weighted by Gasteiger charge is -1.72. The predicted molar refractivity (Wildman–Crippen MR) is 16.8 cm³/mol. The van der Waals surface area contributed by atoms with Crippen LogP contribution in [0.2, 0.25) is 0 Å². The average Bonchev–Trinajstić information content (AvgIpc) is 1.37. The minimum Gasteiger partial charge on any atom is -0.445 e. The number of nitrogens with two attached hydrogens (primary N) is 1. The standard InChI is InChI=1S/H2NOSi2/c1-4-2-3/h1H2. The maximum atomic E-state index is 4.78. The van der Waals surface area contributed by atoms with Gasteiger partial charge >= 0.3 is 9.92 Å². The molecule has 21 valence electrons. The van der Waals surface area contributed by atoms with Crippen molar-refractivity contribution in [1.29, 1.82) is 0 Å². The van der Waals surface area contributed by atoms with Crippen LogP contribution in [0.3, 0.4) is 0 Å². The fraction of sp³-hybridized carbons (Fsp3) is 0. The summed E-state index contributed by atoms with van der Waals surface area (Å²) in [5, 5.41) is 4.78. The van der Waals surface area contributed by atoms with E-state index < -0.39 is 0 Å². The highest BCUT2D eigenvalue weighted by Crippen LogP contribution is 1.31. The molecule has 0 saturated heterocycles. The molecule has 4 heavy (non-hydrogen) atoms. The van der Waals surface area contributed by atoms with Gasteiger partial charge in [-0.05, 0) is 0 Å². The van der Waals surface area contributed by atoms with Gasteiger partial charge in [0.25, 0.3) is 0 Å². The van der Waals surface area contributed by atoms with Crippen LogP contribution in [-0.2, 0) is 4.12 Å². The van der Waals surface area contributed by atoms with Crippen LogP contribution in [0.25, 0.3) is 0 Å². The Hall–Kier alpha value is 0.354. The summed E-state index contributed by atoms with van der Waals surface area (Å²) in [5.74, 6) is 0. The van der Waals surface area contributed by atoms with Crippen LogP contribution in [-0.4, -0.2) is 20.4 Å². The van der Waals surface area contributed by atoms with E-state index in [1.165, 1.54) is 0 Å². The van der Waals surface area contributed by atoms with Gasteiger partial charge in [-0.15, -0.1) is 0 Å². The van der Waals surface area contributed by atoms with E-state index in [9.17, 15) is 0 Å². The molecule has 0 unspecified atom stereocenters. The van der Waals surface area contributed by atoms with E-state index in [0.29, 0.717) is 0 Å². The lowest BCUT2D eigenvalue weighted by molar-refractivity contribution is 0.665. The molecule has 0 heterocycles. The fourth-order valence-electron chi connectivity index (χ4n) is 0. The highest BCUT2D eigenvalue weighted by atomic mass is 28.3. The van der Waals surface area contributed by atoms with Crippen molar-refractivity contribution >= 4 is 20.4 Å². The van der Waals surface area contributed by atoms with Crippen molar-refractivity contribution in [2.75, 3.05) is 0 Å². The number of hydrogen-bond acceptors (Lipinski definition) is 2. The van der Waals surface area contributed by atoms with Gasteiger partial charge in [0.1, 0.15) is 0 Å². The zero-order chi connectivity index (χ0) is 3.41. The third-order valence-electron chi connectivity index (χ3n) is 0.0589. The molecule has 0 rings (SSSR count). The van der Waals surface area contributed by atoms with E-state index in [1.807, 2.05) is 0 Å². The minimum atomic E-state index is 0.0540. The summed E-state index contributed by atoms with van der Waals surface area (Å²) in [5.41, 5.74) is 0. The normalized spacial score (nSPS) is 7.50. The second kappa shape index (κ2) is 3.35. The van der Waals surface area contributed by atoms with E-state index in [-0.39, 0.29) is 9.92 Å². The van der Waals surface area contributed by atoms with Crippen LogP contribution in [0.15, 0.2) is 0 Å². The second-order valence-electron chi connectivity index (χ2n) is 0.220. The first-order valence-corrected chi connectivity index (χ1v) is 2.09. The van der Waals surface area contributed by atoms with Gasteiger partial charge in [-0.1, -0.05) is 0 Å². The van der Waals surface area contributed by atoms with Gasteiger partial charge in [0.2, 0.25) is 10.5 Å². The Balaban J connectivity index is 1.97. The van der Waals surface area contributed by atoms with Crippen molar-refractivity contribution in [1.82, 2.24) is 0 Å². The van der Waals surface area contributed by atoms with Crippen molar-refractivity contribution < 1.29 is 4.12 Å². The molecule has 0 amide bonds. The van der Waals surface area contributed by atoms with E-state index in [2.05, 4.69) is 14.6 Å². The molecular weight excluding hydrogens is 86.2 g/mol. The Morgan fingerprint density at radius 2 is 2.25 bits per heavy atom. The SMILES string of the molecule is N[Si]O[Si]. The van der Waals surface area contributed by atoms with Crippen molar-refractivity contribution in [2.24, 2.45) is 5.40 Å². The van der Waals surface area contributed by atoms with Gasteiger partial charge < -0.3 is 9.51 Å². The Bertz CT molecular complexity index is 8.00. The number of hydrogen-bond donors (Lipinski definition) is 1. The van der Waals surface area contributed by atoms with Crippen molar-refractivity contribution in [2.45, 2.75) is 0 Å². The van der Waals surface area contributed by atoms with E-state index >= 15 is 0 Å². The smallest absolute Gasteiger partial charge is 0.322 e. The first kappa shape index (κ1) is 4.35. The van der Waals surface area contributed by atoms with Crippen LogP contribution < -0.4 is 5.40 Å². The van der Waals surface area contributed by atoms with Crippen molar-refractivity contribution in [3.63, 3.8) is 0 Å². The Morgan fingerprint density at radius 3 is 2.25 bits per heavy atom. The van der Waals surface area contributed by atoms with Crippen molar-refractivity contribution in [3.8, 4) is 0 Å². The molecule has 0 atom stereocenters. The zero-order valence-corrected chi connectivity index (χ0v) is 3.99. The second-order valence-corrected chi connectivity index (χ2v) is 1.27. The van der Waals surface area contributed by atoms with E-state index in [1.54, 1.807) is 0 Å². The quantitative estimate of drug-likeness (QED) is 0.399. The Kier molecular flexibility index (Phi) is 3.65. The fourth-order valence-corrected chi connectivity index (χ4v) is 0. The monoisotopic (exact) mass is 88.0 g/mol. The molecule has 0 aromatic rings. The summed E-state index contributed by atoms with van der Waals surface area (Å²) in [6, 6.07) is 0. The molecule has 0 fully saturated rings. The third-order valence-corrected chi connectivity index (χ3v) is 0.530. The van der Waals surface area contributed by atoms with Crippen LogP contribution in [0.1, 0.15) is 0 Å². The topological polar surface area (TPSA) is 35.2 Å². The Labute approximate surface area is 30.9 Å². The molecule has 0 spiro atoms. The first-order valence-electron chi connectivity index (χ1n) is 0.697. The lowest BCUT2D eigenvalue weighted by Crippen LogP contribution is -2.06. The molecule has 0 saturated carbocycles.